The zero-order chi connectivity index (χ0) is 22.8. The molecule has 166 valence electrons. The van der Waals surface area contributed by atoms with Gasteiger partial charge in [-0.25, -0.2) is 14.3 Å². The van der Waals surface area contributed by atoms with Crippen LogP contribution in [0.1, 0.15) is 16.8 Å². The molecule has 1 atom stereocenters. The van der Waals surface area contributed by atoms with Crippen LogP contribution in [0, 0.1) is 0 Å². The van der Waals surface area contributed by atoms with Gasteiger partial charge < -0.3 is 20.5 Å². The van der Waals surface area contributed by atoms with E-state index >= 15 is 0 Å². The molecular weight excluding hydrogens is 412 g/mol. The van der Waals surface area contributed by atoms with Crippen molar-refractivity contribution >= 4 is 18.0 Å². The Bertz CT molecular complexity index is 1040. The van der Waals surface area contributed by atoms with Gasteiger partial charge in [-0.2, -0.15) is 0 Å². The van der Waals surface area contributed by atoms with Gasteiger partial charge in [0, 0.05) is 12.6 Å². The fourth-order valence-electron chi connectivity index (χ4n) is 2.76. The molecule has 1 amide bonds. The summed E-state index contributed by atoms with van der Waals surface area (Å²) in [7, 11) is 0. The molecule has 9 heteroatoms. The van der Waals surface area contributed by atoms with Crippen LogP contribution in [0.15, 0.2) is 73.2 Å². The van der Waals surface area contributed by atoms with Gasteiger partial charge in [0.1, 0.15) is 26.1 Å². The number of amides is 1. The normalized spacial score (nSPS) is 11.4. The number of rotatable bonds is 9. The van der Waals surface area contributed by atoms with Crippen LogP contribution in [-0.2, 0) is 38.7 Å². The number of hydrogen-bond acceptors (Lipinski definition) is 7. The highest BCUT2D eigenvalue weighted by atomic mass is 16.5. The molecular formula is C23H24N4O5. The van der Waals surface area contributed by atoms with Crippen molar-refractivity contribution in [2.45, 2.75) is 25.7 Å². The van der Waals surface area contributed by atoms with Crippen LogP contribution in [-0.4, -0.2) is 40.1 Å². The Labute approximate surface area is 185 Å². The minimum Gasteiger partial charge on any atom is -0.460 e. The minimum absolute atomic E-state index is 0.0872. The van der Waals surface area contributed by atoms with Crippen molar-refractivity contribution in [3.63, 3.8) is 0 Å². The molecule has 1 aromatic heterocycles. The molecule has 0 aliphatic rings. The van der Waals surface area contributed by atoms with Crippen molar-refractivity contribution in [3.8, 4) is 0 Å². The number of hydrogen-bond donors (Lipinski definition) is 2. The van der Waals surface area contributed by atoms with E-state index in [4.69, 9.17) is 15.2 Å². The summed E-state index contributed by atoms with van der Waals surface area (Å²) in [5.74, 6) is -1.09. The minimum atomic E-state index is -0.944. The molecule has 0 aliphatic heterocycles. The number of benzene rings is 2. The maximum atomic E-state index is 12.2. The Hall–Kier alpha value is -3.98. The van der Waals surface area contributed by atoms with Gasteiger partial charge in [0.05, 0.1) is 11.7 Å². The van der Waals surface area contributed by atoms with E-state index in [9.17, 15) is 14.4 Å². The molecule has 2 aromatic carbocycles. The molecule has 3 N–H and O–H groups in total. The quantitative estimate of drug-likeness (QED) is 0.490. The summed E-state index contributed by atoms with van der Waals surface area (Å²) in [5.41, 5.74) is 8.04. The predicted molar refractivity (Wildman–Crippen MR) is 115 cm³/mol. The highest BCUT2D eigenvalue weighted by Gasteiger charge is 2.18. The SMILES string of the molecule is N[C@@H](Cc1cn(C(=O)OCc2ccccc2)cn1)C(=O)NCC(=O)OCc1ccccc1. The van der Waals surface area contributed by atoms with Crippen LogP contribution in [0.25, 0.3) is 0 Å². The Balaban J connectivity index is 1.39. The second-order valence-corrected chi connectivity index (χ2v) is 6.99. The van der Waals surface area contributed by atoms with Gasteiger partial charge in [-0.15, -0.1) is 0 Å². The third-order valence-electron chi connectivity index (χ3n) is 4.47. The summed E-state index contributed by atoms with van der Waals surface area (Å²) < 4.78 is 11.5. The van der Waals surface area contributed by atoms with E-state index in [2.05, 4.69) is 10.3 Å². The first kappa shape index (κ1) is 22.7. The Morgan fingerprint density at radius 2 is 1.53 bits per heavy atom. The summed E-state index contributed by atoms with van der Waals surface area (Å²) in [6.45, 7) is -0.0332. The molecule has 0 radical (unpaired) electrons. The molecule has 0 fully saturated rings. The first-order chi connectivity index (χ1) is 15.5. The topological polar surface area (TPSA) is 126 Å². The fraction of sp³-hybridized carbons (Fsp3) is 0.217. The maximum absolute atomic E-state index is 12.2. The van der Waals surface area contributed by atoms with Gasteiger partial charge in [-0.1, -0.05) is 60.7 Å². The van der Waals surface area contributed by atoms with Gasteiger partial charge in [-0.3, -0.25) is 9.59 Å². The monoisotopic (exact) mass is 436 g/mol. The number of nitrogens with one attached hydrogen (secondary N) is 1. The van der Waals surface area contributed by atoms with E-state index < -0.39 is 24.0 Å². The molecule has 0 unspecified atom stereocenters. The van der Waals surface area contributed by atoms with Crippen molar-refractivity contribution in [3.05, 3.63) is 90.0 Å². The third kappa shape index (κ3) is 7.06. The number of imidazole rings is 1. The number of carbonyl (C=O) groups is 3. The zero-order valence-electron chi connectivity index (χ0n) is 17.3. The standard InChI is InChI=1S/C23H24N4O5/c24-20(22(29)25-12-21(28)31-14-17-7-3-1-4-8-17)11-19-13-27(16-26-19)23(30)32-15-18-9-5-2-6-10-18/h1-10,13,16,20H,11-12,14-15,24H2,(H,25,29)/t20-/m0/s1. The lowest BCUT2D eigenvalue weighted by molar-refractivity contribution is -0.145. The van der Waals surface area contributed by atoms with Crippen LogP contribution in [0.2, 0.25) is 0 Å². The molecule has 0 bridgehead atoms. The Kier molecular flexibility index (Phi) is 8.10. The van der Waals surface area contributed by atoms with Crippen molar-refractivity contribution in [2.24, 2.45) is 5.73 Å². The first-order valence-electron chi connectivity index (χ1n) is 9.98. The molecule has 0 spiro atoms. The van der Waals surface area contributed by atoms with Crippen LogP contribution < -0.4 is 11.1 Å². The van der Waals surface area contributed by atoms with Crippen LogP contribution in [0.4, 0.5) is 4.79 Å². The number of nitrogens with zero attached hydrogens (tertiary/aromatic N) is 2. The second-order valence-electron chi connectivity index (χ2n) is 6.99. The largest absolute Gasteiger partial charge is 0.460 e. The number of esters is 1. The highest BCUT2D eigenvalue weighted by molar-refractivity contribution is 5.85. The number of aromatic nitrogens is 2. The van der Waals surface area contributed by atoms with Gasteiger partial charge in [0.25, 0.3) is 0 Å². The lowest BCUT2D eigenvalue weighted by atomic mass is 10.1. The van der Waals surface area contributed by atoms with E-state index in [1.165, 1.54) is 17.1 Å². The molecule has 0 aliphatic carbocycles. The summed E-state index contributed by atoms with van der Waals surface area (Å²) in [4.78, 5) is 40.2. The van der Waals surface area contributed by atoms with E-state index in [0.29, 0.717) is 5.69 Å². The summed E-state index contributed by atoms with van der Waals surface area (Å²) in [6, 6.07) is 17.6. The van der Waals surface area contributed by atoms with Crippen molar-refractivity contribution in [2.75, 3.05) is 6.54 Å². The average Bonchev–Trinajstić information content (AvgIpc) is 3.29. The lowest BCUT2D eigenvalue weighted by Gasteiger charge is -2.11. The summed E-state index contributed by atoms with van der Waals surface area (Å²) in [6.07, 6.45) is 2.25. The number of nitrogens with two attached hydrogens (primary N) is 1. The highest BCUT2D eigenvalue weighted by Crippen LogP contribution is 2.05. The predicted octanol–water partition coefficient (Wildman–Crippen LogP) is 1.80. The van der Waals surface area contributed by atoms with Gasteiger partial charge >= 0.3 is 12.1 Å². The second kappa shape index (κ2) is 11.4. The Morgan fingerprint density at radius 3 is 2.16 bits per heavy atom. The van der Waals surface area contributed by atoms with E-state index in [1.54, 1.807) is 0 Å². The van der Waals surface area contributed by atoms with E-state index in [1.807, 2.05) is 60.7 Å². The molecule has 3 aromatic rings. The number of ether oxygens (including phenoxy) is 2. The van der Waals surface area contributed by atoms with Crippen molar-refractivity contribution < 1.29 is 23.9 Å². The maximum Gasteiger partial charge on any atom is 0.419 e. The number of carbonyl (C=O) groups excluding carboxylic acids is 3. The summed E-state index contributed by atoms with van der Waals surface area (Å²) in [5, 5.41) is 2.44. The molecule has 0 saturated heterocycles. The van der Waals surface area contributed by atoms with Gasteiger partial charge in [0.15, 0.2) is 0 Å². The van der Waals surface area contributed by atoms with E-state index in [0.717, 1.165) is 11.1 Å². The third-order valence-corrected chi connectivity index (χ3v) is 4.47. The Morgan fingerprint density at radius 1 is 0.938 bits per heavy atom. The van der Waals surface area contributed by atoms with Gasteiger partial charge in [-0.05, 0) is 11.1 Å². The van der Waals surface area contributed by atoms with Crippen LogP contribution in [0.5, 0.6) is 0 Å². The molecule has 32 heavy (non-hydrogen) atoms. The molecule has 0 saturated carbocycles. The van der Waals surface area contributed by atoms with E-state index in [-0.39, 0.29) is 26.2 Å². The zero-order valence-corrected chi connectivity index (χ0v) is 17.3. The molecule has 1 heterocycles. The van der Waals surface area contributed by atoms with Gasteiger partial charge in [0.2, 0.25) is 5.91 Å². The fourth-order valence-corrected chi connectivity index (χ4v) is 2.76. The summed E-state index contributed by atoms with van der Waals surface area (Å²) >= 11 is 0. The van der Waals surface area contributed by atoms with Crippen LogP contribution >= 0.6 is 0 Å². The van der Waals surface area contributed by atoms with Crippen molar-refractivity contribution in [1.82, 2.24) is 14.9 Å². The van der Waals surface area contributed by atoms with Crippen molar-refractivity contribution in [1.29, 1.82) is 0 Å². The molecule has 9 nitrogen and oxygen atoms in total. The smallest absolute Gasteiger partial charge is 0.419 e. The van der Waals surface area contributed by atoms with Crippen LogP contribution in [0.3, 0.4) is 0 Å². The first-order valence-corrected chi connectivity index (χ1v) is 9.98. The average molecular weight is 436 g/mol. The lowest BCUT2D eigenvalue weighted by Crippen LogP contribution is -2.44. The molecule has 3 rings (SSSR count).